The first-order chi connectivity index (χ1) is 17.6. The average molecular weight is 520 g/mol. The van der Waals surface area contributed by atoms with Crippen molar-refractivity contribution in [1.82, 2.24) is 24.9 Å². The van der Waals surface area contributed by atoms with Gasteiger partial charge in [-0.05, 0) is 62.5 Å². The lowest BCUT2D eigenvalue weighted by atomic mass is 10.0. The first-order valence-corrected chi connectivity index (χ1v) is 12.1. The zero-order valence-corrected chi connectivity index (χ0v) is 21.7. The Bertz CT molecular complexity index is 1490. The minimum absolute atomic E-state index is 0.200. The monoisotopic (exact) mass is 519 g/mol. The summed E-state index contributed by atoms with van der Waals surface area (Å²) in [7, 11) is 3.80. The van der Waals surface area contributed by atoms with E-state index >= 15 is 0 Å². The van der Waals surface area contributed by atoms with Crippen LogP contribution in [0.1, 0.15) is 34.0 Å². The highest BCUT2D eigenvalue weighted by Crippen LogP contribution is 2.28. The van der Waals surface area contributed by atoms with Gasteiger partial charge in [0.05, 0.1) is 16.8 Å². The molecule has 2 amide bonds. The molecule has 0 bridgehead atoms. The Morgan fingerprint density at radius 2 is 1.89 bits per heavy atom. The second kappa shape index (κ2) is 10.8. The molecule has 2 heterocycles. The molecular weight excluding hydrogens is 493 g/mol. The lowest BCUT2D eigenvalue weighted by molar-refractivity contribution is -0.114. The number of aryl methyl sites for hydroxylation is 1. The van der Waals surface area contributed by atoms with E-state index in [0.717, 1.165) is 21.7 Å². The highest BCUT2D eigenvalue weighted by Gasteiger charge is 2.15. The van der Waals surface area contributed by atoms with Crippen LogP contribution in [0.3, 0.4) is 0 Å². The molecule has 0 saturated heterocycles. The Kier molecular flexibility index (Phi) is 7.55. The normalized spacial score (nSPS) is 11.0. The number of nitrogens with zero attached hydrogens (tertiary/aromatic N) is 5. The van der Waals surface area contributed by atoms with Crippen LogP contribution in [-0.4, -0.2) is 50.8 Å². The van der Waals surface area contributed by atoms with Gasteiger partial charge in [-0.1, -0.05) is 29.2 Å². The van der Waals surface area contributed by atoms with E-state index in [0.29, 0.717) is 28.6 Å². The van der Waals surface area contributed by atoms with Gasteiger partial charge >= 0.3 is 0 Å². The average Bonchev–Trinajstić information content (AvgIpc) is 3.49. The van der Waals surface area contributed by atoms with Crippen molar-refractivity contribution in [2.45, 2.75) is 20.4 Å². The maximum absolute atomic E-state index is 13.9. The molecule has 11 heteroatoms. The van der Waals surface area contributed by atoms with Gasteiger partial charge in [-0.15, -0.1) is 5.10 Å². The van der Waals surface area contributed by atoms with Crippen molar-refractivity contribution < 1.29 is 14.0 Å². The number of nitrogens with one attached hydrogen (secondary N) is 2. The van der Waals surface area contributed by atoms with Gasteiger partial charge in [0.1, 0.15) is 11.5 Å². The van der Waals surface area contributed by atoms with Crippen LogP contribution in [0.2, 0.25) is 0 Å². The summed E-state index contributed by atoms with van der Waals surface area (Å²) >= 11 is 1.29. The van der Waals surface area contributed by atoms with Crippen molar-refractivity contribution >= 4 is 39.8 Å². The molecule has 0 atom stereocenters. The van der Waals surface area contributed by atoms with Gasteiger partial charge in [0, 0.05) is 36.5 Å². The summed E-state index contributed by atoms with van der Waals surface area (Å²) in [6.45, 7) is 7.27. The van der Waals surface area contributed by atoms with Crippen LogP contribution in [0, 0.1) is 6.92 Å². The minimum Gasteiger partial charge on any atom is -0.322 e. The number of aromatic nitrogens is 4. The molecule has 0 saturated carbocycles. The SMILES string of the molecule is C=C(F)c1cc(CN(C)C)cc(C(=O)Nc2ccc(C)c(-n3cc(-c4cnc(NC(C)=O)s4)nn3)c2)c1. The quantitative estimate of drug-likeness (QED) is 0.343. The molecule has 2 aromatic heterocycles. The molecule has 0 fully saturated rings. The van der Waals surface area contributed by atoms with E-state index < -0.39 is 5.83 Å². The minimum atomic E-state index is -0.598. The maximum atomic E-state index is 13.9. The first-order valence-electron chi connectivity index (χ1n) is 11.3. The number of carbonyl (C=O) groups is 2. The van der Waals surface area contributed by atoms with Gasteiger partial charge in [-0.2, -0.15) is 0 Å². The highest BCUT2D eigenvalue weighted by molar-refractivity contribution is 7.19. The maximum Gasteiger partial charge on any atom is 0.255 e. The standard InChI is InChI=1S/C26H26FN7O2S/c1-15-6-7-21(30-25(36)20-9-18(13-33(4)5)8-19(10-20)16(2)27)11-23(15)34-14-22(31-32-34)24-12-28-26(37-24)29-17(3)35/h6-12,14H,2,13H2,1,3-5H3,(H,30,36)(H,28,29,35). The Hall–Kier alpha value is -4.22. The molecule has 190 valence electrons. The molecule has 0 aliphatic carbocycles. The summed E-state index contributed by atoms with van der Waals surface area (Å²) in [4.78, 5) is 31.2. The summed E-state index contributed by atoms with van der Waals surface area (Å²) in [6, 6.07) is 10.4. The largest absolute Gasteiger partial charge is 0.322 e. The summed E-state index contributed by atoms with van der Waals surface area (Å²) in [5.41, 5.74) is 4.19. The van der Waals surface area contributed by atoms with Gasteiger partial charge in [-0.3, -0.25) is 9.59 Å². The van der Waals surface area contributed by atoms with Crippen molar-refractivity contribution in [1.29, 1.82) is 0 Å². The fourth-order valence-electron chi connectivity index (χ4n) is 3.67. The van der Waals surface area contributed by atoms with Crippen LogP contribution in [0.15, 0.2) is 55.4 Å². The molecule has 4 aromatic rings. The Morgan fingerprint density at radius 1 is 1.14 bits per heavy atom. The van der Waals surface area contributed by atoms with Crippen molar-refractivity contribution in [3.05, 3.63) is 77.6 Å². The number of hydrogen-bond acceptors (Lipinski definition) is 7. The summed E-state index contributed by atoms with van der Waals surface area (Å²) in [6.07, 6.45) is 3.38. The summed E-state index contributed by atoms with van der Waals surface area (Å²) in [5, 5.41) is 14.5. The highest BCUT2D eigenvalue weighted by atomic mass is 32.1. The van der Waals surface area contributed by atoms with E-state index in [-0.39, 0.29) is 17.4 Å². The number of thiazole rings is 1. The van der Waals surface area contributed by atoms with Gasteiger partial charge in [-0.25, -0.2) is 14.1 Å². The Balaban J connectivity index is 1.58. The second-order valence-corrected chi connectivity index (χ2v) is 9.81. The number of carbonyl (C=O) groups excluding carboxylic acids is 2. The molecule has 0 aliphatic heterocycles. The van der Waals surface area contributed by atoms with E-state index in [1.165, 1.54) is 24.3 Å². The Labute approximate surface area is 217 Å². The number of rotatable bonds is 8. The van der Waals surface area contributed by atoms with Gasteiger partial charge in [0.15, 0.2) is 5.13 Å². The lowest BCUT2D eigenvalue weighted by Gasteiger charge is -2.14. The fraction of sp³-hybridized carbons (Fsp3) is 0.192. The van der Waals surface area contributed by atoms with Crippen LogP contribution < -0.4 is 10.6 Å². The second-order valence-electron chi connectivity index (χ2n) is 8.78. The zero-order chi connectivity index (χ0) is 26.7. The number of halogens is 1. The predicted octanol–water partition coefficient (Wildman–Crippen LogP) is 4.91. The molecule has 0 radical (unpaired) electrons. The van der Waals surface area contributed by atoms with Crippen LogP contribution in [-0.2, 0) is 11.3 Å². The molecular formula is C26H26FN7O2S. The topological polar surface area (TPSA) is 105 Å². The van der Waals surface area contributed by atoms with Crippen molar-refractivity contribution in [2.75, 3.05) is 24.7 Å². The Morgan fingerprint density at radius 3 is 2.59 bits per heavy atom. The molecule has 2 aromatic carbocycles. The zero-order valence-electron chi connectivity index (χ0n) is 20.9. The third kappa shape index (κ3) is 6.32. The third-order valence-electron chi connectivity index (χ3n) is 5.32. The third-order valence-corrected chi connectivity index (χ3v) is 6.25. The smallest absolute Gasteiger partial charge is 0.255 e. The van der Waals surface area contributed by atoms with Crippen LogP contribution in [0.5, 0.6) is 0 Å². The van der Waals surface area contributed by atoms with E-state index in [1.54, 1.807) is 41.3 Å². The fourth-order valence-corrected chi connectivity index (χ4v) is 4.48. The first kappa shape index (κ1) is 25.9. The van der Waals surface area contributed by atoms with E-state index in [9.17, 15) is 14.0 Å². The molecule has 37 heavy (non-hydrogen) atoms. The summed E-state index contributed by atoms with van der Waals surface area (Å²) in [5.74, 6) is -1.17. The molecule has 0 aliphatic rings. The van der Waals surface area contributed by atoms with Crippen LogP contribution >= 0.6 is 11.3 Å². The van der Waals surface area contributed by atoms with E-state index in [2.05, 4.69) is 32.5 Å². The van der Waals surface area contributed by atoms with Gasteiger partial charge in [0.25, 0.3) is 5.91 Å². The van der Waals surface area contributed by atoms with Gasteiger partial charge in [0.2, 0.25) is 5.91 Å². The molecule has 4 rings (SSSR count). The lowest BCUT2D eigenvalue weighted by Crippen LogP contribution is -2.15. The molecule has 0 unspecified atom stereocenters. The number of benzene rings is 2. The summed E-state index contributed by atoms with van der Waals surface area (Å²) < 4.78 is 15.5. The molecule has 9 nitrogen and oxygen atoms in total. The van der Waals surface area contributed by atoms with Gasteiger partial charge < -0.3 is 15.5 Å². The molecule has 0 spiro atoms. The van der Waals surface area contributed by atoms with E-state index in [4.69, 9.17) is 0 Å². The number of amides is 2. The predicted molar refractivity (Wildman–Crippen MR) is 143 cm³/mol. The van der Waals surface area contributed by atoms with Crippen LogP contribution in [0.4, 0.5) is 15.2 Å². The number of hydrogen-bond donors (Lipinski definition) is 2. The van der Waals surface area contributed by atoms with Crippen molar-refractivity contribution in [2.24, 2.45) is 0 Å². The number of anilines is 2. The van der Waals surface area contributed by atoms with E-state index in [1.807, 2.05) is 32.0 Å². The van der Waals surface area contributed by atoms with Crippen molar-refractivity contribution in [3.8, 4) is 16.3 Å². The molecule has 2 N–H and O–H groups in total. The van der Waals surface area contributed by atoms with Crippen molar-refractivity contribution in [3.63, 3.8) is 0 Å². The van der Waals surface area contributed by atoms with Crippen LogP contribution in [0.25, 0.3) is 22.1 Å².